The van der Waals surface area contributed by atoms with Crippen molar-refractivity contribution in [3.8, 4) is 22.6 Å². The molecular formula is C21H14F2N2O4. The molecule has 8 heteroatoms. The van der Waals surface area contributed by atoms with Crippen molar-refractivity contribution in [1.29, 1.82) is 0 Å². The number of ether oxygens (including phenoxy) is 2. The molecule has 0 saturated heterocycles. The van der Waals surface area contributed by atoms with E-state index in [1.54, 1.807) is 25.1 Å². The summed E-state index contributed by atoms with van der Waals surface area (Å²) >= 11 is 0. The number of amides is 1. The lowest BCUT2D eigenvalue weighted by atomic mass is 9.98. The second kappa shape index (κ2) is 7.31. The number of benzene rings is 2. The first kappa shape index (κ1) is 18.5. The van der Waals surface area contributed by atoms with E-state index >= 15 is 0 Å². The second-order valence-corrected chi connectivity index (χ2v) is 6.29. The highest BCUT2D eigenvalue weighted by molar-refractivity contribution is 6.04. The standard InChI is InChI=1S/C21H14F2N2O4/c1-11-13(14-8-18-17(28-10-29-18)7-12(14)9-26)5-6-19(24-11)25-21(27)20-15(22)3-2-4-16(20)23/h2-9H,10H2,1H3,(H,24,25,27). The molecule has 4 rings (SSSR count). The van der Waals surface area contributed by atoms with Crippen LogP contribution in [-0.4, -0.2) is 24.0 Å². The zero-order valence-electron chi connectivity index (χ0n) is 15.2. The van der Waals surface area contributed by atoms with Gasteiger partial charge in [-0.1, -0.05) is 6.07 Å². The highest BCUT2D eigenvalue weighted by Crippen LogP contribution is 2.39. The van der Waals surface area contributed by atoms with E-state index in [2.05, 4.69) is 10.3 Å². The molecule has 1 aromatic heterocycles. The van der Waals surface area contributed by atoms with Gasteiger partial charge in [0.2, 0.25) is 6.79 Å². The van der Waals surface area contributed by atoms with Crippen LogP contribution in [-0.2, 0) is 0 Å². The minimum absolute atomic E-state index is 0.0753. The van der Waals surface area contributed by atoms with E-state index < -0.39 is 23.1 Å². The number of halogens is 2. The van der Waals surface area contributed by atoms with E-state index in [0.29, 0.717) is 40.2 Å². The van der Waals surface area contributed by atoms with Gasteiger partial charge in [-0.2, -0.15) is 0 Å². The summed E-state index contributed by atoms with van der Waals surface area (Å²) in [5.41, 5.74) is 1.44. The molecule has 0 spiro atoms. The van der Waals surface area contributed by atoms with Gasteiger partial charge in [0.25, 0.3) is 5.91 Å². The summed E-state index contributed by atoms with van der Waals surface area (Å²) in [4.78, 5) is 28.0. The number of nitrogens with one attached hydrogen (secondary N) is 1. The molecule has 2 aromatic carbocycles. The third-order valence-corrected chi connectivity index (χ3v) is 4.48. The van der Waals surface area contributed by atoms with Crippen LogP contribution in [0.5, 0.6) is 11.5 Å². The van der Waals surface area contributed by atoms with E-state index in [9.17, 15) is 18.4 Å². The molecule has 6 nitrogen and oxygen atoms in total. The maximum Gasteiger partial charge on any atom is 0.262 e. The van der Waals surface area contributed by atoms with Gasteiger partial charge in [0.15, 0.2) is 17.8 Å². The van der Waals surface area contributed by atoms with Gasteiger partial charge in [0.05, 0.1) is 0 Å². The number of rotatable bonds is 4. The number of hydrogen-bond donors (Lipinski definition) is 1. The molecule has 146 valence electrons. The van der Waals surface area contributed by atoms with Gasteiger partial charge in [0.1, 0.15) is 23.0 Å². The molecule has 3 aromatic rings. The first-order valence-corrected chi connectivity index (χ1v) is 8.60. The van der Waals surface area contributed by atoms with Crippen LogP contribution in [0.3, 0.4) is 0 Å². The average Bonchev–Trinajstić information content (AvgIpc) is 3.14. The number of aromatic nitrogens is 1. The molecule has 0 radical (unpaired) electrons. The minimum Gasteiger partial charge on any atom is -0.454 e. The fraction of sp³-hybridized carbons (Fsp3) is 0.0952. The van der Waals surface area contributed by atoms with Gasteiger partial charge >= 0.3 is 0 Å². The Balaban J connectivity index is 1.66. The van der Waals surface area contributed by atoms with E-state index in [1.165, 1.54) is 12.1 Å². The highest BCUT2D eigenvalue weighted by atomic mass is 19.1. The molecule has 1 N–H and O–H groups in total. The predicted octanol–water partition coefficient (Wildman–Crippen LogP) is 4.13. The molecule has 1 aliphatic rings. The maximum absolute atomic E-state index is 13.8. The number of fused-ring (bicyclic) bond motifs is 1. The Bertz CT molecular complexity index is 1130. The number of carbonyl (C=O) groups is 2. The maximum atomic E-state index is 13.8. The van der Waals surface area contributed by atoms with E-state index in [-0.39, 0.29) is 12.6 Å². The van der Waals surface area contributed by atoms with Crippen molar-refractivity contribution in [3.05, 3.63) is 70.9 Å². The smallest absolute Gasteiger partial charge is 0.262 e. The molecule has 0 atom stereocenters. The number of carbonyl (C=O) groups excluding carboxylic acids is 2. The molecule has 0 unspecified atom stereocenters. The lowest BCUT2D eigenvalue weighted by Crippen LogP contribution is -2.16. The largest absolute Gasteiger partial charge is 0.454 e. The monoisotopic (exact) mass is 396 g/mol. The van der Waals surface area contributed by atoms with Crippen LogP contribution in [0.25, 0.3) is 11.1 Å². The molecular weight excluding hydrogens is 382 g/mol. The Kier molecular flexibility index (Phi) is 4.67. The SMILES string of the molecule is Cc1nc(NC(=O)c2c(F)cccc2F)ccc1-c1cc2c(cc1C=O)OCO2. The van der Waals surface area contributed by atoms with Crippen molar-refractivity contribution in [1.82, 2.24) is 4.98 Å². The summed E-state index contributed by atoms with van der Waals surface area (Å²) in [6.07, 6.45) is 0.702. The Hall–Kier alpha value is -3.81. The number of anilines is 1. The number of hydrogen-bond acceptors (Lipinski definition) is 5. The topological polar surface area (TPSA) is 77.5 Å². The Morgan fingerprint density at radius 2 is 1.76 bits per heavy atom. The molecule has 0 saturated carbocycles. The van der Waals surface area contributed by atoms with E-state index in [0.717, 1.165) is 12.1 Å². The van der Waals surface area contributed by atoms with Crippen LogP contribution in [0, 0.1) is 18.6 Å². The third-order valence-electron chi connectivity index (χ3n) is 4.48. The predicted molar refractivity (Wildman–Crippen MR) is 100 cm³/mol. The summed E-state index contributed by atoms with van der Waals surface area (Å²) in [6.45, 7) is 1.76. The molecule has 0 fully saturated rings. The summed E-state index contributed by atoms with van der Waals surface area (Å²) in [5, 5.41) is 2.39. The first-order chi connectivity index (χ1) is 14.0. The fourth-order valence-corrected chi connectivity index (χ4v) is 3.10. The lowest BCUT2D eigenvalue weighted by molar-refractivity contribution is 0.101. The van der Waals surface area contributed by atoms with E-state index in [1.807, 2.05) is 0 Å². The molecule has 29 heavy (non-hydrogen) atoms. The van der Waals surface area contributed by atoms with Gasteiger partial charge < -0.3 is 14.8 Å². The van der Waals surface area contributed by atoms with Crippen LogP contribution in [0.15, 0.2) is 42.5 Å². The minimum atomic E-state index is -0.966. The van der Waals surface area contributed by atoms with Crippen molar-refractivity contribution in [2.75, 3.05) is 12.1 Å². The Morgan fingerprint density at radius 1 is 1.07 bits per heavy atom. The normalized spacial score (nSPS) is 12.0. The average molecular weight is 396 g/mol. The molecule has 2 heterocycles. The lowest BCUT2D eigenvalue weighted by Gasteiger charge is -2.12. The zero-order chi connectivity index (χ0) is 20.5. The zero-order valence-corrected chi connectivity index (χ0v) is 15.2. The molecule has 1 amide bonds. The van der Waals surface area contributed by atoms with Gasteiger partial charge in [-0.15, -0.1) is 0 Å². The number of nitrogens with zero attached hydrogens (tertiary/aromatic N) is 1. The van der Waals surface area contributed by atoms with Crippen LogP contribution in [0.1, 0.15) is 26.4 Å². The van der Waals surface area contributed by atoms with Crippen molar-refractivity contribution < 1.29 is 27.8 Å². The van der Waals surface area contributed by atoms with Gasteiger partial charge in [0, 0.05) is 16.8 Å². The second-order valence-electron chi connectivity index (χ2n) is 6.29. The fourth-order valence-electron chi connectivity index (χ4n) is 3.10. The quantitative estimate of drug-likeness (QED) is 0.671. The van der Waals surface area contributed by atoms with Gasteiger partial charge in [-0.05, 0) is 48.9 Å². The Morgan fingerprint density at radius 3 is 2.41 bits per heavy atom. The molecule has 0 aliphatic carbocycles. The summed E-state index contributed by atoms with van der Waals surface area (Å²) < 4.78 is 38.2. The van der Waals surface area contributed by atoms with Gasteiger partial charge in [-0.25, -0.2) is 13.8 Å². The van der Waals surface area contributed by atoms with Crippen molar-refractivity contribution in [2.24, 2.45) is 0 Å². The van der Waals surface area contributed by atoms with E-state index in [4.69, 9.17) is 9.47 Å². The first-order valence-electron chi connectivity index (χ1n) is 8.60. The van der Waals surface area contributed by atoms with Crippen LogP contribution < -0.4 is 14.8 Å². The van der Waals surface area contributed by atoms with Crippen LogP contribution in [0.2, 0.25) is 0 Å². The number of aryl methyl sites for hydroxylation is 1. The summed E-state index contributed by atoms with van der Waals surface area (Å²) in [6, 6.07) is 9.58. The van der Waals surface area contributed by atoms with Gasteiger partial charge in [-0.3, -0.25) is 9.59 Å². The van der Waals surface area contributed by atoms with Crippen LogP contribution in [0.4, 0.5) is 14.6 Å². The van der Waals surface area contributed by atoms with Crippen molar-refractivity contribution in [2.45, 2.75) is 6.92 Å². The summed E-state index contributed by atoms with van der Waals surface area (Å²) in [5.74, 6) is -1.77. The summed E-state index contributed by atoms with van der Waals surface area (Å²) in [7, 11) is 0. The van der Waals surface area contributed by atoms with Crippen molar-refractivity contribution >= 4 is 18.0 Å². The Labute approximate surface area is 164 Å². The number of aldehydes is 1. The van der Waals surface area contributed by atoms with Crippen LogP contribution >= 0.6 is 0 Å². The molecule has 1 aliphatic heterocycles. The highest BCUT2D eigenvalue weighted by Gasteiger charge is 2.20. The third kappa shape index (κ3) is 3.40. The number of pyridine rings is 1. The van der Waals surface area contributed by atoms with Crippen molar-refractivity contribution in [3.63, 3.8) is 0 Å². The molecule has 0 bridgehead atoms.